The van der Waals surface area contributed by atoms with Crippen molar-refractivity contribution in [2.75, 3.05) is 26.3 Å². The zero-order chi connectivity index (χ0) is 16.2. The minimum absolute atomic E-state index is 0.258. The van der Waals surface area contributed by atoms with Crippen molar-refractivity contribution in [3.63, 3.8) is 0 Å². The molecule has 0 aromatic heterocycles. The molecular formula is C17H25N3O2. The van der Waals surface area contributed by atoms with Gasteiger partial charge in [-0.3, -0.25) is 10.4 Å². The van der Waals surface area contributed by atoms with E-state index in [2.05, 4.69) is 4.99 Å². The molecule has 1 fully saturated rings. The predicted molar refractivity (Wildman–Crippen MR) is 89.9 cm³/mol. The van der Waals surface area contributed by atoms with Crippen LogP contribution in [0.3, 0.4) is 0 Å². The van der Waals surface area contributed by atoms with Crippen LogP contribution in [0.5, 0.6) is 5.75 Å². The molecule has 120 valence electrons. The average Bonchev–Trinajstić information content (AvgIpc) is 2.46. The Bertz CT molecular complexity index is 556. The SMILES string of the molecule is C/C=N\c1cc(OC(C)(C)C)ccc1C(=N)N1CCOCC1. The summed E-state index contributed by atoms with van der Waals surface area (Å²) in [5, 5.41) is 8.45. The first-order valence-electron chi connectivity index (χ1n) is 7.64. The Morgan fingerprint density at radius 2 is 2.00 bits per heavy atom. The van der Waals surface area contributed by atoms with Gasteiger partial charge in [-0.05, 0) is 39.8 Å². The van der Waals surface area contributed by atoms with E-state index < -0.39 is 0 Å². The molecule has 22 heavy (non-hydrogen) atoms. The number of nitrogens with zero attached hydrogens (tertiary/aromatic N) is 2. The number of morpholine rings is 1. The summed E-state index contributed by atoms with van der Waals surface area (Å²) in [6.45, 7) is 10.7. The highest BCUT2D eigenvalue weighted by Gasteiger charge is 2.19. The summed E-state index contributed by atoms with van der Waals surface area (Å²) in [4.78, 5) is 6.44. The van der Waals surface area contributed by atoms with E-state index in [-0.39, 0.29) is 5.60 Å². The lowest BCUT2D eigenvalue weighted by Gasteiger charge is -2.29. The van der Waals surface area contributed by atoms with Gasteiger partial charge in [0, 0.05) is 30.9 Å². The largest absolute Gasteiger partial charge is 0.488 e. The monoisotopic (exact) mass is 303 g/mol. The molecule has 5 nitrogen and oxygen atoms in total. The second-order valence-electron chi connectivity index (χ2n) is 6.23. The third kappa shape index (κ3) is 4.31. The van der Waals surface area contributed by atoms with Crippen molar-refractivity contribution in [2.24, 2.45) is 4.99 Å². The fraction of sp³-hybridized carbons (Fsp3) is 0.529. The van der Waals surface area contributed by atoms with Crippen molar-refractivity contribution in [2.45, 2.75) is 33.3 Å². The van der Waals surface area contributed by atoms with E-state index in [1.807, 2.05) is 50.8 Å². The predicted octanol–water partition coefficient (Wildman–Crippen LogP) is 3.24. The molecule has 0 radical (unpaired) electrons. The van der Waals surface area contributed by atoms with Crippen LogP contribution < -0.4 is 4.74 Å². The van der Waals surface area contributed by atoms with Crippen LogP contribution in [-0.2, 0) is 4.74 Å². The molecule has 1 aliphatic rings. The third-order valence-electron chi connectivity index (χ3n) is 3.24. The minimum atomic E-state index is -0.258. The molecule has 2 rings (SSSR count). The van der Waals surface area contributed by atoms with Gasteiger partial charge in [0.05, 0.1) is 18.9 Å². The summed E-state index contributed by atoms with van der Waals surface area (Å²) in [6.07, 6.45) is 1.74. The summed E-state index contributed by atoms with van der Waals surface area (Å²) in [7, 11) is 0. The summed E-state index contributed by atoms with van der Waals surface area (Å²) < 4.78 is 11.2. The van der Waals surface area contributed by atoms with E-state index in [1.165, 1.54) is 0 Å². The second kappa shape index (κ2) is 6.92. The molecule has 0 saturated carbocycles. The topological polar surface area (TPSA) is 57.9 Å². The van der Waals surface area contributed by atoms with Crippen LogP contribution in [-0.4, -0.2) is 48.9 Å². The maximum atomic E-state index is 8.45. The first-order valence-corrected chi connectivity index (χ1v) is 7.64. The van der Waals surface area contributed by atoms with Crippen molar-refractivity contribution in [1.29, 1.82) is 5.41 Å². The van der Waals surface area contributed by atoms with Crippen LogP contribution in [0.25, 0.3) is 0 Å². The Morgan fingerprint density at radius 1 is 1.32 bits per heavy atom. The lowest BCUT2D eigenvalue weighted by atomic mass is 10.1. The fourth-order valence-corrected chi connectivity index (χ4v) is 2.33. The smallest absolute Gasteiger partial charge is 0.130 e. The van der Waals surface area contributed by atoms with Gasteiger partial charge in [-0.1, -0.05) is 0 Å². The Labute approximate surface area is 132 Å². The van der Waals surface area contributed by atoms with Gasteiger partial charge in [-0.15, -0.1) is 0 Å². The van der Waals surface area contributed by atoms with E-state index >= 15 is 0 Å². The molecular weight excluding hydrogens is 278 g/mol. The second-order valence-corrected chi connectivity index (χ2v) is 6.23. The van der Waals surface area contributed by atoms with Crippen molar-refractivity contribution >= 4 is 17.7 Å². The zero-order valence-electron chi connectivity index (χ0n) is 13.8. The van der Waals surface area contributed by atoms with Gasteiger partial charge in [-0.25, -0.2) is 0 Å². The van der Waals surface area contributed by atoms with Gasteiger partial charge in [0.2, 0.25) is 0 Å². The van der Waals surface area contributed by atoms with E-state index in [1.54, 1.807) is 6.21 Å². The maximum absolute atomic E-state index is 8.45. The molecule has 1 heterocycles. The molecule has 0 bridgehead atoms. The average molecular weight is 303 g/mol. The lowest BCUT2D eigenvalue weighted by molar-refractivity contribution is 0.0680. The van der Waals surface area contributed by atoms with E-state index in [0.29, 0.717) is 19.0 Å². The van der Waals surface area contributed by atoms with Gasteiger partial charge in [0.25, 0.3) is 0 Å². The molecule has 1 aromatic rings. The standard InChI is InChI=1S/C17H25N3O2/c1-5-19-15-12-13(22-17(2,3)4)6-7-14(15)16(18)20-8-10-21-11-9-20/h5-7,12,18H,8-11H2,1-4H3/b18-16?,19-5-. The number of amidine groups is 1. The van der Waals surface area contributed by atoms with Crippen LogP contribution in [0.1, 0.15) is 33.3 Å². The van der Waals surface area contributed by atoms with E-state index in [9.17, 15) is 0 Å². The first-order chi connectivity index (χ1) is 10.4. The van der Waals surface area contributed by atoms with Gasteiger partial charge in [-0.2, -0.15) is 0 Å². The summed E-state index contributed by atoms with van der Waals surface area (Å²) in [6, 6.07) is 5.72. The molecule has 1 aromatic carbocycles. The van der Waals surface area contributed by atoms with Crippen molar-refractivity contribution in [3.05, 3.63) is 23.8 Å². The number of ether oxygens (including phenoxy) is 2. The van der Waals surface area contributed by atoms with Crippen LogP contribution in [0.15, 0.2) is 23.2 Å². The summed E-state index contributed by atoms with van der Waals surface area (Å²) >= 11 is 0. The maximum Gasteiger partial charge on any atom is 0.130 e. The number of benzene rings is 1. The fourth-order valence-electron chi connectivity index (χ4n) is 2.33. The van der Waals surface area contributed by atoms with Crippen molar-refractivity contribution < 1.29 is 9.47 Å². The highest BCUT2D eigenvalue weighted by molar-refractivity contribution is 6.01. The van der Waals surface area contributed by atoms with Crippen LogP contribution in [0, 0.1) is 5.41 Å². The number of hydrogen-bond acceptors (Lipinski definition) is 4. The van der Waals surface area contributed by atoms with Gasteiger partial charge in [0.15, 0.2) is 0 Å². The molecule has 1 N–H and O–H groups in total. The molecule has 5 heteroatoms. The number of nitrogens with one attached hydrogen (secondary N) is 1. The van der Waals surface area contributed by atoms with E-state index in [4.69, 9.17) is 14.9 Å². The zero-order valence-corrected chi connectivity index (χ0v) is 13.8. The molecule has 0 atom stereocenters. The first kappa shape index (κ1) is 16.5. The highest BCUT2D eigenvalue weighted by Crippen LogP contribution is 2.28. The number of aliphatic imine (C=N–C) groups is 1. The van der Waals surface area contributed by atoms with Crippen molar-refractivity contribution in [1.82, 2.24) is 4.90 Å². The van der Waals surface area contributed by atoms with Crippen LogP contribution in [0.2, 0.25) is 0 Å². The molecule has 0 spiro atoms. The summed E-state index contributed by atoms with van der Waals surface area (Å²) in [5.41, 5.74) is 1.33. The quantitative estimate of drug-likeness (QED) is 0.689. The summed E-state index contributed by atoms with van der Waals surface area (Å²) in [5.74, 6) is 1.26. The van der Waals surface area contributed by atoms with Gasteiger partial charge >= 0.3 is 0 Å². The molecule has 1 saturated heterocycles. The number of rotatable bonds is 3. The van der Waals surface area contributed by atoms with Crippen LogP contribution >= 0.6 is 0 Å². The van der Waals surface area contributed by atoms with Crippen molar-refractivity contribution in [3.8, 4) is 5.75 Å². The highest BCUT2D eigenvalue weighted by atomic mass is 16.5. The molecule has 1 aliphatic heterocycles. The van der Waals surface area contributed by atoms with Gasteiger partial charge < -0.3 is 14.4 Å². The molecule has 0 aliphatic carbocycles. The van der Waals surface area contributed by atoms with Crippen LogP contribution in [0.4, 0.5) is 5.69 Å². The Balaban J connectivity index is 2.28. The Hall–Kier alpha value is -1.88. The number of hydrogen-bond donors (Lipinski definition) is 1. The molecule has 0 amide bonds. The van der Waals surface area contributed by atoms with Gasteiger partial charge in [0.1, 0.15) is 17.2 Å². The Kier molecular flexibility index (Phi) is 5.19. The lowest BCUT2D eigenvalue weighted by Crippen LogP contribution is -2.40. The molecule has 0 unspecified atom stereocenters. The minimum Gasteiger partial charge on any atom is -0.488 e. The normalized spacial score (nSPS) is 16.1. The van der Waals surface area contributed by atoms with E-state index in [0.717, 1.165) is 30.1 Å². The Morgan fingerprint density at radius 3 is 2.59 bits per heavy atom. The third-order valence-corrected chi connectivity index (χ3v) is 3.24.